The molecule has 3 rings (SSSR count). The van der Waals surface area contributed by atoms with Crippen LogP contribution in [-0.4, -0.2) is 22.6 Å². The Labute approximate surface area is 157 Å². The second-order valence-corrected chi connectivity index (χ2v) is 6.22. The van der Waals surface area contributed by atoms with Crippen LogP contribution in [0.15, 0.2) is 60.7 Å². The number of nitrogens with zero attached hydrogens (tertiary/aromatic N) is 2. The van der Waals surface area contributed by atoms with Gasteiger partial charge in [-0.15, -0.1) is 10.2 Å². The summed E-state index contributed by atoms with van der Waals surface area (Å²) in [7, 11) is 0. The standard InChI is InChI=1S/C21H21FN4O/c1-15-4-2-3-5-17(15)14-24-21(27)19-10-11-20(26-25-19)23-13-12-16-6-8-18(22)9-7-16/h2-11H,12-14H2,1H3,(H,23,26)(H,24,27). The molecule has 0 saturated carbocycles. The predicted octanol–water partition coefficient (Wildman–Crippen LogP) is 3.51. The Morgan fingerprint density at radius 2 is 1.78 bits per heavy atom. The molecule has 0 aliphatic rings. The van der Waals surface area contributed by atoms with E-state index in [0.29, 0.717) is 18.9 Å². The van der Waals surface area contributed by atoms with Gasteiger partial charge in [-0.25, -0.2) is 4.39 Å². The van der Waals surface area contributed by atoms with E-state index in [1.165, 1.54) is 12.1 Å². The maximum Gasteiger partial charge on any atom is 0.272 e. The Kier molecular flexibility index (Phi) is 6.10. The third-order valence-electron chi connectivity index (χ3n) is 4.23. The molecule has 0 aliphatic carbocycles. The van der Waals surface area contributed by atoms with Gasteiger partial charge in [0.05, 0.1) is 0 Å². The molecule has 0 spiro atoms. The zero-order chi connectivity index (χ0) is 19.1. The molecule has 0 bridgehead atoms. The van der Waals surface area contributed by atoms with Crippen molar-refractivity contribution >= 4 is 11.7 Å². The highest BCUT2D eigenvalue weighted by atomic mass is 19.1. The first-order valence-electron chi connectivity index (χ1n) is 8.76. The summed E-state index contributed by atoms with van der Waals surface area (Å²) in [5, 5.41) is 14.0. The van der Waals surface area contributed by atoms with E-state index in [-0.39, 0.29) is 17.4 Å². The number of nitrogens with one attached hydrogen (secondary N) is 2. The monoisotopic (exact) mass is 364 g/mol. The van der Waals surface area contributed by atoms with Gasteiger partial charge in [0, 0.05) is 13.1 Å². The molecular weight excluding hydrogens is 343 g/mol. The highest BCUT2D eigenvalue weighted by Crippen LogP contribution is 2.08. The van der Waals surface area contributed by atoms with Crippen molar-refractivity contribution in [2.45, 2.75) is 19.9 Å². The van der Waals surface area contributed by atoms with E-state index in [2.05, 4.69) is 20.8 Å². The molecular formula is C21H21FN4O. The van der Waals surface area contributed by atoms with Crippen molar-refractivity contribution in [1.29, 1.82) is 0 Å². The molecule has 1 amide bonds. The molecule has 1 heterocycles. The predicted molar refractivity (Wildman–Crippen MR) is 103 cm³/mol. The first kappa shape index (κ1) is 18.5. The number of carbonyl (C=O) groups is 1. The van der Waals surface area contributed by atoms with Crippen LogP contribution in [0.4, 0.5) is 10.2 Å². The van der Waals surface area contributed by atoms with Crippen LogP contribution in [0.25, 0.3) is 0 Å². The zero-order valence-electron chi connectivity index (χ0n) is 15.1. The fourth-order valence-electron chi connectivity index (χ4n) is 2.61. The van der Waals surface area contributed by atoms with Crippen molar-refractivity contribution in [3.8, 4) is 0 Å². The number of carbonyl (C=O) groups excluding carboxylic acids is 1. The molecule has 0 atom stereocenters. The van der Waals surface area contributed by atoms with Crippen LogP contribution in [0.3, 0.4) is 0 Å². The molecule has 0 saturated heterocycles. The minimum Gasteiger partial charge on any atom is -0.368 e. The molecule has 0 unspecified atom stereocenters. The summed E-state index contributed by atoms with van der Waals surface area (Å²) in [6.45, 7) is 3.09. The van der Waals surface area contributed by atoms with Gasteiger partial charge in [-0.05, 0) is 54.3 Å². The lowest BCUT2D eigenvalue weighted by atomic mass is 10.1. The molecule has 2 aromatic carbocycles. The number of hydrogen-bond acceptors (Lipinski definition) is 4. The van der Waals surface area contributed by atoms with Crippen molar-refractivity contribution in [1.82, 2.24) is 15.5 Å². The van der Waals surface area contributed by atoms with Crippen LogP contribution in [0, 0.1) is 12.7 Å². The van der Waals surface area contributed by atoms with Gasteiger partial charge < -0.3 is 10.6 Å². The minimum atomic E-state index is -0.261. The Balaban J connectivity index is 1.48. The third-order valence-corrected chi connectivity index (χ3v) is 4.23. The number of benzene rings is 2. The van der Waals surface area contributed by atoms with E-state index < -0.39 is 0 Å². The van der Waals surface area contributed by atoms with E-state index in [0.717, 1.165) is 23.1 Å². The molecule has 0 fully saturated rings. The summed E-state index contributed by atoms with van der Waals surface area (Å²) in [6, 6.07) is 17.7. The first-order chi connectivity index (χ1) is 13.1. The van der Waals surface area contributed by atoms with Crippen LogP contribution >= 0.6 is 0 Å². The topological polar surface area (TPSA) is 66.9 Å². The average molecular weight is 364 g/mol. The van der Waals surface area contributed by atoms with E-state index >= 15 is 0 Å². The van der Waals surface area contributed by atoms with Gasteiger partial charge in [0.25, 0.3) is 5.91 Å². The highest BCUT2D eigenvalue weighted by Gasteiger charge is 2.08. The van der Waals surface area contributed by atoms with Crippen LogP contribution in [-0.2, 0) is 13.0 Å². The highest BCUT2D eigenvalue weighted by molar-refractivity contribution is 5.92. The number of halogens is 1. The van der Waals surface area contributed by atoms with Gasteiger partial charge in [0.15, 0.2) is 5.69 Å². The number of anilines is 1. The number of aromatic nitrogens is 2. The molecule has 27 heavy (non-hydrogen) atoms. The van der Waals surface area contributed by atoms with E-state index in [1.807, 2.05) is 31.2 Å². The Hall–Kier alpha value is -3.28. The zero-order valence-corrected chi connectivity index (χ0v) is 15.1. The van der Waals surface area contributed by atoms with E-state index in [1.54, 1.807) is 24.3 Å². The van der Waals surface area contributed by atoms with Crippen LogP contribution in [0.1, 0.15) is 27.2 Å². The van der Waals surface area contributed by atoms with Crippen molar-refractivity contribution in [2.24, 2.45) is 0 Å². The summed E-state index contributed by atoms with van der Waals surface area (Å²) < 4.78 is 12.9. The smallest absolute Gasteiger partial charge is 0.272 e. The Morgan fingerprint density at radius 1 is 1.00 bits per heavy atom. The van der Waals surface area contributed by atoms with Gasteiger partial charge in [0.2, 0.25) is 0 Å². The summed E-state index contributed by atoms with van der Waals surface area (Å²) in [6.07, 6.45) is 0.737. The molecule has 2 N–H and O–H groups in total. The van der Waals surface area contributed by atoms with Gasteiger partial charge >= 0.3 is 0 Å². The van der Waals surface area contributed by atoms with Gasteiger partial charge in [-0.1, -0.05) is 36.4 Å². The number of hydrogen-bond donors (Lipinski definition) is 2. The molecule has 138 valence electrons. The van der Waals surface area contributed by atoms with Crippen molar-refractivity contribution in [3.05, 3.63) is 88.9 Å². The van der Waals surface area contributed by atoms with E-state index in [4.69, 9.17) is 0 Å². The van der Waals surface area contributed by atoms with Crippen molar-refractivity contribution in [2.75, 3.05) is 11.9 Å². The maximum absolute atomic E-state index is 12.9. The largest absolute Gasteiger partial charge is 0.368 e. The molecule has 1 aromatic heterocycles. The fourth-order valence-corrected chi connectivity index (χ4v) is 2.61. The fraction of sp³-hybridized carbons (Fsp3) is 0.190. The van der Waals surface area contributed by atoms with Crippen LogP contribution in [0.2, 0.25) is 0 Å². The minimum absolute atomic E-state index is 0.242. The maximum atomic E-state index is 12.9. The lowest BCUT2D eigenvalue weighted by Crippen LogP contribution is -2.24. The van der Waals surface area contributed by atoms with Crippen molar-refractivity contribution < 1.29 is 9.18 Å². The third kappa shape index (κ3) is 5.34. The molecule has 0 aliphatic heterocycles. The van der Waals surface area contributed by atoms with E-state index in [9.17, 15) is 9.18 Å². The summed E-state index contributed by atoms with van der Waals surface area (Å²) >= 11 is 0. The number of amides is 1. The SMILES string of the molecule is Cc1ccccc1CNC(=O)c1ccc(NCCc2ccc(F)cc2)nn1. The van der Waals surface area contributed by atoms with Gasteiger partial charge in [-0.2, -0.15) is 0 Å². The lowest BCUT2D eigenvalue weighted by molar-refractivity contribution is 0.0945. The second kappa shape index (κ2) is 8.89. The molecule has 6 heteroatoms. The molecule has 3 aromatic rings. The normalized spacial score (nSPS) is 10.4. The number of aryl methyl sites for hydroxylation is 1. The second-order valence-electron chi connectivity index (χ2n) is 6.22. The van der Waals surface area contributed by atoms with Gasteiger partial charge in [0.1, 0.15) is 11.6 Å². The van der Waals surface area contributed by atoms with Gasteiger partial charge in [-0.3, -0.25) is 4.79 Å². The average Bonchev–Trinajstić information content (AvgIpc) is 2.69. The quantitative estimate of drug-likeness (QED) is 0.673. The van der Waals surface area contributed by atoms with Crippen molar-refractivity contribution in [3.63, 3.8) is 0 Å². The summed E-state index contributed by atoms with van der Waals surface area (Å²) in [5.41, 5.74) is 3.50. The Morgan fingerprint density at radius 3 is 2.48 bits per heavy atom. The summed E-state index contributed by atoms with van der Waals surface area (Å²) in [5.74, 6) is 0.0880. The number of rotatable bonds is 7. The van der Waals surface area contributed by atoms with Crippen LogP contribution in [0.5, 0.6) is 0 Å². The lowest BCUT2D eigenvalue weighted by Gasteiger charge is -2.08. The summed E-state index contributed by atoms with van der Waals surface area (Å²) in [4.78, 5) is 12.2. The first-order valence-corrected chi connectivity index (χ1v) is 8.76. The van der Waals surface area contributed by atoms with Crippen LogP contribution < -0.4 is 10.6 Å². The molecule has 0 radical (unpaired) electrons. The molecule has 5 nitrogen and oxygen atoms in total. The Bertz CT molecular complexity index is 895.